The number of piperidine rings is 1. The molecule has 3 heterocycles. The van der Waals surface area contributed by atoms with Gasteiger partial charge in [-0.15, -0.1) is 0 Å². The number of amides is 2. The minimum Gasteiger partial charge on any atom is -0.369 e. The summed E-state index contributed by atoms with van der Waals surface area (Å²) >= 11 is 0. The average Bonchev–Trinajstić information content (AvgIpc) is 3.19. The van der Waals surface area contributed by atoms with E-state index in [0.717, 1.165) is 19.0 Å². The summed E-state index contributed by atoms with van der Waals surface area (Å²) in [5, 5.41) is 6.83. The van der Waals surface area contributed by atoms with Crippen LogP contribution in [0.4, 0.5) is 4.39 Å². The van der Waals surface area contributed by atoms with E-state index in [2.05, 4.69) is 15.2 Å². The molecule has 1 saturated carbocycles. The Morgan fingerprint density at radius 2 is 2.15 bits per heavy atom. The lowest BCUT2D eigenvalue weighted by Gasteiger charge is -2.39. The van der Waals surface area contributed by atoms with Crippen LogP contribution >= 0.6 is 0 Å². The molecule has 0 aromatic carbocycles. The minimum atomic E-state index is -0.484. The number of hydrogen-bond acceptors (Lipinski definition) is 4. The van der Waals surface area contributed by atoms with Crippen LogP contribution in [0.5, 0.6) is 0 Å². The van der Waals surface area contributed by atoms with Crippen molar-refractivity contribution in [1.82, 2.24) is 20.1 Å². The van der Waals surface area contributed by atoms with Crippen LogP contribution in [-0.2, 0) is 4.79 Å². The molecule has 2 aromatic rings. The van der Waals surface area contributed by atoms with Crippen LogP contribution in [0.25, 0.3) is 11.3 Å². The zero-order chi connectivity index (χ0) is 18.5. The summed E-state index contributed by atoms with van der Waals surface area (Å²) in [7, 11) is 0. The van der Waals surface area contributed by atoms with E-state index < -0.39 is 5.82 Å². The second-order valence-corrected chi connectivity index (χ2v) is 7.25. The number of hydrogen-bond donors (Lipinski definition) is 2. The molecule has 0 unspecified atom stereocenters. The molecule has 1 aliphatic heterocycles. The smallest absolute Gasteiger partial charge is 0.272 e. The molecule has 136 valence electrons. The van der Waals surface area contributed by atoms with E-state index >= 15 is 0 Å². The van der Waals surface area contributed by atoms with Gasteiger partial charge in [-0.2, -0.15) is 5.10 Å². The number of aryl methyl sites for hydroxylation is 1. The zero-order valence-electron chi connectivity index (χ0n) is 14.5. The number of H-pyrrole nitrogens is 1. The molecule has 1 spiro atoms. The molecule has 0 radical (unpaired) electrons. The maximum absolute atomic E-state index is 14.0. The van der Waals surface area contributed by atoms with Crippen LogP contribution in [0.3, 0.4) is 0 Å². The Balaban J connectivity index is 1.58. The first-order chi connectivity index (χ1) is 12.4. The molecule has 2 amide bonds. The zero-order valence-corrected chi connectivity index (χ0v) is 14.5. The van der Waals surface area contributed by atoms with Crippen molar-refractivity contribution in [3.63, 3.8) is 0 Å². The number of pyridine rings is 1. The van der Waals surface area contributed by atoms with E-state index in [1.807, 2.05) is 4.90 Å². The number of nitrogens with two attached hydrogens (primary N) is 1. The lowest BCUT2D eigenvalue weighted by molar-refractivity contribution is -0.123. The normalized spacial score (nSPS) is 21.0. The Morgan fingerprint density at radius 1 is 1.38 bits per heavy atom. The minimum absolute atomic E-state index is 0.171. The second-order valence-electron chi connectivity index (χ2n) is 7.25. The third-order valence-corrected chi connectivity index (χ3v) is 5.45. The van der Waals surface area contributed by atoms with Crippen molar-refractivity contribution in [2.45, 2.75) is 38.1 Å². The average molecular weight is 357 g/mol. The van der Waals surface area contributed by atoms with Crippen molar-refractivity contribution < 1.29 is 14.0 Å². The first kappa shape index (κ1) is 16.7. The molecule has 3 N–H and O–H groups in total. The van der Waals surface area contributed by atoms with Crippen LogP contribution in [0, 0.1) is 18.7 Å². The Bertz CT molecular complexity index is 889. The number of nitrogens with zero attached hydrogens (tertiary/aromatic N) is 3. The number of likely N-dealkylation sites (tertiary alicyclic amines) is 1. The first-order valence-corrected chi connectivity index (χ1v) is 8.69. The van der Waals surface area contributed by atoms with Crippen LogP contribution in [0.1, 0.15) is 41.9 Å². The van der Waals surface area contributed by atoms with Gasteiger partial charge < -0.3 is 10.6 Å². The summed E-state index contributed by atoms with van der Waals surface area (Å²) in [6, 6.07) is 3.16. The highest BCUT2D eigenvalue weighted by Crippen LogP contribution is 2.50. The highest BCUT2D eigenvalue weighted by Gasteiger charge is 2.54. The monoisotopic (exact) mass is 357 g/mol. The van der Waals surface area contributed by atoms with Gasteiger partial charge in [-0.05, 0) is 44.7 Å². The highest BCUT2D eigenvalue weighted by molar-refractivity contribution is 5.94. The van der Waals surface area contributed by atoms with Gasteiger partial charge in [0.1, 0.15) is 5.69 Å². The number of aromatic nitrogens is 3. The quantitative estimate of drug-likeness (QED) is 0.873. The molecule has 2 aliphatic rings. The molecule has 2 aromatic heterocycles. The molecular formula is C18H20FN5O2. The Hall–Kier alpha value is -2.77. The number of halogens is 1. The second kappa shape index (κ2) is 5.89. The molecule has 1 saturated heterocycles. The van der Waals surface area contributed by atoms with E-state index in [-0.39, 0.29) is 23.3 Å². The highest BCUT2D eigenvalue weighted by atomic mass is 19.1. The number of carbonyl (C=O) groups is 2. The van der Waals surface area contributed by atoms with E-state index in [1.54, 1.807) is 19.1 Å². The van der Waals surface area contributed by atoms with Gasteiger partial charge >= 0.3 is 0 Å². The van der Waals surface area contributed by atoms with E-state index in [9.17, 15) is 14.0 Å². The molecule has 1 atom stereocenters. The van der Waals surface area contributed by atoms with Gasteiger partial charge in [-0.1, -0.05) is 0 Å². The van der Waals surface area contributed by atoms with Crippen LogP contribution in [0.2, 0.25) is 0 Å². The van der Waals surface area contributed by atoms with Crippen molar-refractivity contribution in [3.05, 3.63) is 35.5 Å². The van der Waals surface area contributed by atoms with Crippen LogP contribution < -0.4 is 5.73 Å². The fourth-order valence-electron chi connectivity index (χ4n) is 3.83. The third kappa shape index (κ3) is 2.75. The Morgan fingerprint density at radius 3 is 2.85 bits per heavy atom. The standard InChI is InChI=1S/C18H20FN5O2/c1-10-6-12(13(19)9-21-10)14-7-15(23-22-14)17(26)24-5-2-11(16(20)25)8-18(24)3-4-18/h6-7,9,11H,2-5,8H2,1H3,(H2,20,25)(H,22,23)/t11-/m1/s1. The molecule has 4 rings (SSSR count). The number of primary amides is 1. The molecular weight excluding hydrogens is 337 g/mol. The van der Waals surface area contributed by atoms with Crippen molar-refractivity contribution in [3.8, 4) is 11.3 Å². The van der Waals surface area contributed by atoms with Crippen molar-refractivity contribution in [2.75, 3.05) is 6.54 Å². The molecule has 1 aliphatic carbocycles. The largest absolute Gasteiger partial charge is 0.369 e. The SMILES string of the molecule is Cc1cc(-c2cc(C(=O)N3CC[C@@H](C(N)=O)CC34CC4)[nH]n2)c(F)cn1. The molecule has 26 heavy (non-hydrogen) atoms. The van der Waals surface area contributed by atoms with Crippen LogP contribution in [0.15, 0.2) is 18.3 Å². The van der Waals surface area contributed by atoms with Gasteiger partial charge in [0, 0.05) is 29.3 Å². The van der Waals surface area contributed by atoms with Gasteiger partial charge in [-0.3, -0.25) is 19.7 Å². The van der Waals surface area contributed by atoms with Gasteiger partial charge in [0.05, 0.1) is 11.9 Å². The van der Waals surface area contributed by atoms with Gasteiger partial charge in [-0.25, -0.2) is 4.39 Å². The van der Waals surface area contributed by atoms with E-state index in [4.69, 9.17) is 5.73 Å². The van der Waals surface area contributed by atoms with Crippen LogP contribution in [-0.4, -0.2) is 44.0 Å². The lowest BCUT2D eigenvalue weighted by atomic mass is 9.88. The first-order valence-electron chi connectivity index (χ1n) is 8.69. The van der Waals surface area contributed by atoms with Crippen molar-refractivity contribution >= 4 is 11.8 Å². The van der Waals surface area contributed by atoms with Gasteiger partial charge in [0.25, 0.3) is 5.91 Å². The summed E-state index contributed by atoms with van der Waals surface area (Å²) in [6.45, 7) is 2.25. The summed E-state index contributed by atoms with van der Waals surface area (Å²) in [4.78, 5) is 30.2. The van der Waals surface area contributed by atoms with E-state index in [1.165, 1.54) is 0 Å². The summed E-state index contributed by atoms with van der Waals surface area (Å²) in [5.74, 6) is -1.12. The molecule has 8 heteroatoms. The number of carbonyl (C=O) groups excluding carboxylic acids is 2. The maximum atomic E-state index is 14.0. The number of nitrogens with one attached hydrogen (secondary N) is 1. The third-order valence-electron chi connectivity index (χ3n) is 5.45. The van der Waals surface area contributed by atoms with Gasteiger partial charge in [0.2, 0.25) is 5.91 Å². The summed E-state index contributed by atoms with van der Waals surface area (Å²) in [6.07, 6.45) is 4.09. The maximum Gasteiger partial charge on any atom is 0.272 e. The predicted octanol–water partition coefficient (Wildman–Crippen LogP) is 1.79. The Kier molecular flexibility index (Phi) is 3.78. The fraction of sp³-hybridized carbons (Fsp3) is 0.444. The van der Waals surface area contributed by atoms with Crippen molar-refractivity contribution in [1.29, 1.82) is 0 Å². The summed E-state index contributed by atoms with van der Waals surface area (Å²) < 4.78 is 14.0. The summed E-state index contributed by atoms with van der Waals surface area (Å²) in [5.41, 5.74) is 6.84. The molecule has 0 bridgehead atoms. The number of rotatable bonds is 3. The predicted molar refractivity (Wildman–Crippen MR) is 91.4 cm³/mol. The van der Waals surface area contributed by atoms with Crippen molar-refractivity contribution in [2.24, 2.45) is 11.7 Å². The fourth-order valence-corrected chi connectivity index (χ4v) is 3.83. The molecule has 2 fully saturated rings. The molecule has 7 nitrogen and oxygen atoms in total. The Labute approximate surface area is 149 Å². The topological polar surface area (TPSA) is 105 Å². The number of aromatic amines is 1. The van der Waals surface area contributed by atoms with Gasteiger partial charge in [0.15, 0.2) is 5.82 Å². The lowest BCUT2D eigenvalue weighted by Crippen LogP contribution is -2.50. The van der Waals surface area contributed by atoms with E-state index in [0.29, 0.717) is 42.0 Å².